The summed E-state index contributed by atoms with van der Waals surface area (Å²) < 4.78 is 0. The highest BCUT2D eigenvalue weighted by molar-refractivity contribution is 5.83. The van der Waals surface area contributed by atoms with E-state index in [0.717, 1.165) is 57.7 Å². The van der Waals surface area contributed by atoms with E-state index in [0.29, 0.717) is 18.5 Å². The first-order chi connectivity index (χ1) is 12.2. The van der Waals surface area contributed by atoms with Crippen LogP contribution in [0.5, 0.6) is 0 Å². The summed E-state index contributed by atoms with van der Waals surface area (Å²) in [6.07, 6.45) is 10.6. The van der Waals surface area contributed by atoms with Crippen LogP contribution in [-0.4, -0.2) is 60.4 Å². The molecule has 2 aliphatic carbocycles. The number of rotatable bonds is 5. The second-order valence-electron chi connectivity index (χ2n) is 8.80. The minimum absolute atomic E-state index is 0.000307. The molecule has 0 unspecified atom stereocenters. The number of amides is 2. The van der Waals surface area contributed by atoms with E-state index < -0.39 is 0 Å². The maximum absolute atomic E-state index is 12.7. The minimum Gasteiger partial charge on any atom is -0.352 e. The average molecular weight is 348 g/mol. The van der Waals surface area contributed by atoms with Crippen molar-refractivity contribution in [1.82, 2.24) is 15.1 Å². The summed E-state index contributed by atoms with van der Waals surface area (Å²) in [5.74, 6) is 1.62. The third-order valence-corrected chi connectivity index (χ3v) is 6.64. The summed E-state index contributed by atoms with van der Waals surface area (Å²) in [6, 6.07) is 0.309. The van der Waals surface area contributed by atoms with E-state index >= 15 is 0 Å². The van der Waals surface area contributed by atoms with Crippen LogP contribution in [0.15, 0.2) is 0 Å². The number of nitrogens with zero attached hydrogens (tertiary/aromatic N) is 2. The van der Waals surface area contributed by atoms with Crippen LogP contribution in [0.25, 0.3) is 0 Å². The number of piperidine rings is 1. The molecular weight excluding hydrogens is 314 g/mol. The van der Waals surface area contributed by atoms with Crippen LogP contribution in [0, 0.1) is 17.8 Å². The SMILES string of the molecule is O=C(N[C@H]1CCN(CC2CCCC2)C1)[C@@H]1CCCN(C(=O)C2CC2)C1. The molecule has 5 heteroatoms. The Morgan fingerprint density at radius 1 is 0.840 bits per heavy atom. The zero-order valence-corrected chi connectivity index (χ0v) is 15.4. The van der Waals surface area contributed by atoms with E-state index in [1.54, 1.807) is 0 Å². The average Bonchev–Trinajstić information content (AvgIpc) is 3.19. The molecule has 2 saturated carbocycles. The van der Waals surface area contributed by atoms with Gasteiger partial charge in [0.15, 0.2) is 0 Å². The van der Waals surface area contributed by atoms with Crippen molar-refractivity contribution in [2.45, 2.75) is 63.8 Å². The van der Waals surface area contributed by atoms with Crippen molar-refractivity contribution in [3.05, 3.63) is 0 Å². The van der Waals surface area contributed by atoms with E-state index in [1.165, 1.54) is 32.2 Å². The molecule has 0 aromatic carbocycles. The number of carbonyl (C=O) groups excluding carboxylic acids is 2. The lowest BCUT2D eigenvalue weighted by Gasteiger charge is -2.32. The van der Waals surface area contributed by atoms with Crippen LogP contribution in [0.2, 0.25) is 0 Å². The fourth-order valence-corrected chi connectivity index (χ4v) is 4.97. The molecule has 4 fully saturated rings. The largest absolute Gasteiger partial charge is 0.352 e. The van der Waals surface area contributed by atoms with Crippen molar-refractivity contribution >= 4 is 11.8 Å². The molecule has 4 rings (SSSR count). The molecule has 2 saturated heterocycles. The highest BCUT2D eigenvalue weighted by Gasteiger charge is 2.37. The zero-order chi connectivity index (χ0) is 17.2. The van der Waals surface area contributed by atoms with Crippen LogP contribution in [0.4, 0.5) is 0 Å². The Hall–Kier alpha value is -1.10. The number of carbonyl (C=O) groups is 2. The number of likely N-dealkylation sites (tertiary alicyclic amines) is 2. The van der Waals surface area contributed by atoms with Crippen molar-refractivity contribution in [3.8, 4) is 0 Å². The van der Waals surface area contributed by atoms with E-state index in [9.17, 15) is 9.59 Å². The van der Waals surface area contributed by atoms with Crippen molar-refractivity contribution in [2.24, 2.45) is 17.8 Å². The quantitative estimate of drug-likeness (QED) is 0.828. The molecule has 25 heavy (non-hydrogen) atoms. The molecule has 5 nitrogen and oxygen atoms in total. The van der Waals surface area contributed by atoms with Gasteiger partial charge in [0.25, 0.3) is 0 Å². The number of hydrogen-bond acceptors (Lipinski definition) is 3. The van der Waals surface area contributed by atoms with Gasteiger partial charge in [0.05, 0.1) is 5.92 Å². The van der Waals surface area contributed by atoms with Gasteiger partial charge in [-0.05, 0) is 50.9 Å². The molecule has 4 aliphatic rings. The van der Waals surface area contributed by atoms with Crippen molar-refractivity contribution in [3.63, 3.8) is 0 Å². The lowest BCUT2D eigenvalue weighted by Crippen LogP contribution is -2.48. The lowest BCUT2D eigenvalue weighted by atomic mass is 9.96. The van der Waals surface area contributed by atoms with Gasteiger partial charge in [-0.1, -0.05) is 12.8 Å². The van der Waals surface area contributed by atoms with Crippen LogP contribution in [0.3, 0.4) is 0 Å². The Morgan fingerprint density at radius 2 is 1.64 bits per heavy atom. The lowest BCUT2D eigenvalue weighted by molar-refractivity contribution is -0.137. The first-order valence-electron chi connectivity index (χ1n) is 10.5. The fourth-order valence-electron chi connectivity index (χ4n) is 4.97. The second-order valence-corrected chi connectivity index (χ2v) is 8.80. The zero-order valence-electron chi connectivity index (χ0n) is 15.4. The Bertz CT molecular complexity index is 499. The molecule has 140 valence electrons. The van der Waals surface area contributed by atoms with E-state index in [-0.39, 0.29) is 17.7 Å². The maximum Gasteiger partial charge on any atom is 0.225 e. The minimum atomic E-state index is 0.000307. The van der Waals surface area contributed by atoms with Crippen LogP contribution < -0.4 is 5.32 Å². The maximum atomic E-state index is 12.7. The summed E-state index contributed by atoms with van der Waals surface area (Å²) in [6.45, 7) is 4.84. The smallest absolute Gasteiger partial charge is 0.225 e. The number of hydrogen-bond donors (Lipinski definition) is 1. The van der Waals surface area contributed by atoms with E-state index in [2.05, 4.69) is 10.2 Å². The van der Waals surface area contributed by atoms with Gasteiger partial charge in [-0.15, -0.1) is 0 Å². The first kappa shape index (κ1) is 17.3. The van der Waals surface area contributed by atoms with Gasteiger partial charge in [-0.3, -0.25) is 9.59 Å². The Kier molecular flexibility index (Phi) is 5.30. The molecule has 2 aliphatic heterocycles. The summed E-state index contributed by atoms with van der Waals surface area (Å²) >= 11 is 0. The van der Waals surface area contributed by atoms with Gasteiger partial charge in [0.1, 0.15) is 0 Å². The molecule has 0 radical (unpaired) electrons. The van der Waals surface area contributed by atoms with Gasteiger partial charge in [0, 0.05) is 44.7 Å². The van der Waals surface area contributed by atoms with E-state index in [1.807, 2.05) is 4.90 Å². The second kappa shape index (κ2) is 7.65. The summed E-state index contributed by atoms with van der Waals surface area (Å²) in [5, 5.41) is 3.29. The van der Waals surface area contributed by atoms with Gasteiger partial charge >= 0.3 is 0 Å². The Balaban J connectivity index is 1.22. The normalized spacial score (nSPS) is 31.4. The van der Waals surface area contributed by atoms with Crippen LogP contribution >= 0.6 is 0 Å². The Morgan fingerprint density at radius 3 is 2.40 bits per heavy atom. The predicted octanol–water partition coefficient (Wildman–Crippen LogP) is 2.02. The summed E-state index contributed by atoms with van der Waals surface area (Å²) in [4.78, 5) is 29.5. The fraction of sp³-hybridized carbons (Fsp3) is 0.900. The topological polar surface area (TPSA) is 52.7 Å². The third kappa shape index (κ3) is 4.36. The molecule has 0 bridgehead atoms. The van der Waals surface area contributed by atoms with Crippen molar-refractivity contribution in [1.29, 1.82) is 0 Å². The monoisotopic (exact) mass is 347 g/mol. The predicted molar refractivity (Wildman–Crippen MR) is 97.0 cm³/mol. The molecule has 0 aromatic heterocycles. The van der Waals surface area contributed by atoms with Gasteiger partial charge in [-0.2, -0.15) is 0 Å². The molecule has 2 heterocycles. The van der Waals surface area contributed by atoms with E-state index in [4.69, 9.17) is 0 Å². The van der Waals surface area contributed by atoms with Crippen molar-refractivity contribution < 1.29 is 9.59 Å². The molecule has 0 spiro atoms. The highest BCUT2D eigenvalue weighted by atomic mass is 16.2. The van der Waals surface area contributed by atoms with Crippen molar-refractivity contribution in [2.75, 3.05) is 32.7 Å². The molecule has 2 amide bonds. The molecule has 0 aromatic rings. The number of nitrogens with one attached hydrogen (secondary N) is 1. The standard InChI is InChI=1S/C20H33N3O2/c24-19(17-6-3-10-23(13-17)20(25)16-7-8-16)21-18-9-11-22(14-18)12-15-4-1-2-5-15/h15-18H,1-14H2,(H,21,24)/t17-,18+/m1/s1. The molecule has 2 atom stereocenters. The van der Waals surface area contributed by atoms with Crippen LogP contribution in [0.1, 0.15) is 57.8 Å². The van der Waals surface area contributed by atoms with Gasteiger partial charge in [0.2, 0.25) is 11.8 Å². The van der Waals surface area contributed by atoms with Crippen LogP contribution in [-0.2, 0) is 9.59 Å². The molecular formula is C20H33N3O2. The Labute approximate surface area is 151 Å². The first-order valence-corrected chi connectivity index (χ1v) is 10.5. The summed E-state index contributed by atoms with van der Waals surface area (Å²) in [5.41, 5.74) is 0. The van der Waals surface area contributed by atoms with Gasteiger partial charge < -0.3 is 15.1 Å². The van der Waals surface area contributed by atoms with Gasteiger partial charge in [-0.25, -0.2) is 0 Å². The third-order valence-electron chi connectivity index (χ3n) is 6.64. The molecule has 1 N–H and O–H groups in total. The summed E-state index contributed by atoms with van der Waals surface area (Å²) in [7, 11) is 0. The highest BCUT2D eigenvalue weighted by Crippen LogP contribution is 2.32.